The lowest BCUT2D eigenvalue weighted by Crippen LogP contribution is -2.05. The van der Waals surface area contributed by atoms with Gasteiger partial charge in [-0.3, -0.25) is 0 Å². The molecule has 0 aliphatic heterocycles. The fourth-order valence-corrected chi connectivity index (χ4v) is 2.82. The molecule has 0 saturated carbocycles. The normalized spacial score (nSPS) is 10.5. The van der Waals surface area contributed by atoms with Crippen molar-refractivity contribution in [2.24, 2.45) is 0 Å². The molecule has 0 radical (unpaired) electrons. The van der Waals surface area contributed by atoms with E-state index in [0.717, 1.165) is 21.0 Å². The van der Waals surface area contributed by atoms with Gasteiger partial charge in [0, 0.05) is 12.1 Å². The standard InChI is InChI=1S/C11H11BrN2S/c1-13-7-9-10(12)15-11(14-9)8-5-3-2-4-6-8/h2-6,13H,7H2,1H3. The van der Waals surface area contributed by atoms with Crippen molar-refractivity contribution in [3.05, 3.63) is 39.8 Å². The summed E-state index contributed by atoms with van der Waals surface area (Å²) in [7, 11) is 1.92. The van der Waals surface area contributed by atoms with Crippen molar-refractivity contribution in [3.8, 4) is 10.6 Å². The van der Waals surface area contributed by atoms with Gasteiger partial charge in [0.1, 0.15) is 5.01 Å². The lowest BCUT2D eigenvalue weighted by molar-refractivity contribution is 0.795. The molecule has 0 saturated heterocycles. The predicted molar refractivity (Wildman–Crippen MR) is 68.0 cm³/mol. The van der Waals surface area contributed by atoms with Crippen molar-refractivity contribution in [1.29, 1.82) is 0 Å². The van der Waals surface area contributed by atoms with E-state index in [2.05, 4.69) is 38.4 Å². The molecular weight excluding hydrogens is 272 g/mol. The Bertz CT molecular complexity index is 439. The Morgan fingerprint density at radius 1 is 1.33 bits per heavy atom. The van der Waals surface area contributed by atoms with Gasteiger partial charge in [-0.05, 0) is 23.0 Å². The molecule has 0 fully saturated rings. The van der Waals surface area contributed by atoms with Crippen LogP contribution in [0.4, 0.5) is 0 Å². The van der Waals surface area contributed by atoms with E-state index in [0.29, 0.717) is 0 Å². The predicted octanol–water partition coefficient (Wildman–Crippen LogP) is 3.29. The summed E-state index contributed by atoms with van der Waals surface area (Å²) in [6.45, 7) is 0.796. The van der Waals surface area contributed by atoms with E-state index in [-0.39, 0.29) is 0 Å². The number of benzene rings is 1. The summed E-state index contributed by atoms with van der Waals surface area (Å²) in [4.78, 5) is 4.58. The lowest BCUT2D eigenvalue weighted by atomic mass is 10.2. The van der Waals surface area contributed by atoms with Gasteiger partial charge < -0.3 is 5.32 Å². The van der Waals surface area contributed by atoms with Crippen LogP contribution in [0.15, 0.2) is 34.1 Å². The van der Waals surface area contributed by atoms with Gasteiger partial charge in [-0.2, -0.15) is 0 Å². The van der Waals surface area contributed by atoms with E-state index in [4.69, 9.17) is 0 Å². The van der Waals surface area contributed by atoms with Crippen molar-refractivity contribution < 1.29 is 0 Å². The SMILES string of the molecule is CNCc1nc(-c2ccccc2)sc1Br. The second kappa shape index (κ2) is 4.88. The fraction of sp³-hybridized carbons (Fsp3) is 0.182. The van der Waals surface area contributed by atoms with Crippen LogP contribution >= 0.6 is 27.3 Å². The summed E-state index contributed by atoms with van der Waals surface area (Å²) in [6.07, 6.45) is 0. The Labute approximate surface area is 101 Å². The van der Waals surface area contributed by atoms with Crippen LogP contribution in [0, 0.1) is 0 Å². The third-order valence-electron chi connectivity index (χ3n) is 2.01. The maximum Gasteiger partial charge on any atom is 0.124 e. The summed E-state index contributed by atoms with van der Waals surface area (Å²) in [6, 6.07) is 10.2. The summed E-state index contributed by atoms with van der Waals surface area (Å²) in [5, 5.41) is 4.17. The molecule has 0 aliphatic carbocycles. The zero-order valence-corrected chi connectivity index (χ0v) is 10.7. The Balaban J connectivity index is 2.34. The van der Waals surface area contributed by atoms with E-state index in [9.17, 15) is 0 Å². The minimum atomic E-state index is 0.796. The number of halogens is 1. The maximum absolute atomic E-state index is 4.58. The van der Waals surface area contributed by atoms with E-state index in [1.54, 1.807) is 11.3 Å². The molecule has 1 heterocycles. The average Bonchev–Trinajstić information content (AvgIpc) is 2.63. The topological polar surface area (TPSA) is 24.9 Å². The van der Waals surface area contributed by atoms with Gasteiger partial charge in [-0.1, -0.05) is 30.3 Å². The Kier molecular flexibility index (Phi) is 3.51. The highest BCUT2D eigenvalue weighted by Gasteiger charge is 2.08. The van der Waals surface area contributed by atoms with E-state index >= 15 is 0 Å². The molecular formula is C11H11BrN2S. The molecule has 15 heavy (non-hydrogen) atoms. The van der Waals surface area contributed by atoms with Crippen LogP contribution in [0.25, 0.3) is 10.6 Å². The monoisotopic (exact) mass is 282 g/mol. The van der Waals surface area contributed by atoms with Crippen LogP contribution in [0.1, 0.15) is 5.69 Å². The van der Waals surface area contributed by atoms with Crippen molar-refractivity contribution in [1.82, 2.24) is 10.3 Å². The molecule has 0 bridgehead atoms. The second-order valence-corrected chi connectivity index (χ2v) is 5.45. The number of hydrogen-bond acceptors (Lipinski definition) is 3. The molecule has 2 nitrogen and oxygen atoms in total. The first-order valence-electron chi connectivity index (χ1n) is 4.66. The van der Waals surface area contributed by atoms with E-state index in [1.807, 2.05) is 25.2 Å². The van der Waals surface area contributed by atoms with Crippen LogP contribution < -0.4 is 5.32 Å². The first kappa shape index (κ1) is 10.8. The molecule has 78 valence electrons. The Hall–Kier alpha value is -0.710. The van der Waals surface area contributed by atoms with Gasteiger partial charge in [0.25, 0.3) is 0 Å². The van der Waals surface area contributed by atoms with Gasteiger partial charge in [-0.25, -0.2) is 4.98 Å². The average molecular weight is 283 g/mol. The highest BCUT2D eigenvalue weighted by atomic mass is 79.9. The van der Waals surface area contributed by atoms with Gasteiger partial charge in [0.05, 0.1) is 9.48 Å². The van der Waals surface area contributed by atoms with Crippen LogP contribution in [0.5, 0.6) is 0 Å². The number of nitrogens with zero attached hydrogens (tertiary/aromatic N) is 1. The van der Waals surface area contributed by atoms with Gasteiger partial charge in [0.2, 0.25) is 0 Å². The third-order valence-corrected chi connectivity index (χ3v) is 3.89. The fourth-order valence-electron chi connectivity index (χ4n) is 1.31. The largest absolute Gasteiger partial charge is 0.314 e. The van der Waals surface area contributed by atoms with Gasteiger partial charge in [0.15, 0.2) is 0 Å². The first-order chi connectivity index (χ1) is 7.31. The summed E-state index contributed by atoms with van der Waals surface area (Å²) in [5.74, 6) is 0. The van der Waals surface area contributed by atoms with Crippen LogP contribution in [0.3, 0.4) is 0 Å². The lowest BCUT2D eigenvalue weighted by Gasteiger charge is -1.94. The molecule has 4 heteroatoms. The van der Waals surface area contributed by atoms with Crippen molar-refractivity contribution in [3.63, 3.8) is 0 Å². The molecule has 0 amide bonds. The Morgan fingerprint density at radius 3 is 2.73 bits per heavy atom. The molecule has 0 unspecified atom stereocenters. The zero-order valence-electron chi connectivity index (χ0n) is 8.33. The molecule has 1 aromatic carbocycles. The summed E-state index contributed by atoms with van der Waals surface area (Å²) >= 11 is 5.20. The minimum absolute atomic E-state index is 0.796. The van der Waals surface area contributed by atoms with Crippen molar-refractivity contribution >= 4 is 27.3 Å². The molecule has 0 spiro atoms. The van der Waals surface area contributed by atoms with Crippen molar-refractivity contribution in [2.45, 2.75) is 6.54 Å². The number of rotatable bonds is 3. The molecule has 2 aromatic rings. The summed E-state index contributed by atoms with van der Waals surface area (Å²) in [5.41, 5.74) is 2.24. The van der Waals surface area contributed by atoms with Gasteiger partial charge >= 0.3 is 0 Å². The van der Waals surface area contributed by atoms with Crippen LogP contribution in [-0.2, 0) is 6.54 Å². The van der Waals surface area contributed by atoms with Gasteiger partial charge in [-0.15, -0.1) is 11.3 Å². The number of thiazole rings is 1. The van der Waals surface area contributed by atoms with Crippen LogP contribution in [-0.4, -0.2) is 12.0 Å². The second-order valence-electron chi connectivity index (χ2n) is 3.14. The third kappa shape index (κ3) is 2.45. The smallest absolute Gasteiger partial charge is 0.124 e. The minimum Gasteiger partial charge on any atom is -0.314 e. The van der Waals surface area contributed by atoms with Crippen LogP contribution in [0.2, 0.25) is 0 Å². The highest BCUT2D eigenvalue weighted by molar-refractivity contribution is 9.11. The molecule has 0 aliphatic rings. The number of hydrogen-bond donors (Lipinski definition) is 1. The quantitative estimate of drug-likeness (QED) is 0.935. The zero-order chi connectivity index (χ0) is 10.7. The summed E-state index contributed by atoms with van der Waals surface area (Å²) < 4.78 is 1.11. The molecule has 0 atom stereocenters. The molecule has 2 rings (SSSR count). The van der Waals surface area contributed by atoms with E-state index < -0.39 is 0 Å². The molecule has 1 N–H and O–H groups in total. The molecule has 1 aromatic heterocycles. The Morgan fingerprint density at radius 2 is 2.07 bits per heavy atom. The number of nitrogens with one attached hydrogen (secondary N) is 1. The van der Waals surface area contributed by atoms with Crippen molar-refractivity contribution in [2.75, 3.05) is 7.05 Å². The number of aromatic nitrogens is 1. The maximum atomic E-state index is 4.58. The van der Waals surface area contributed by atoms with E-state index in [1.165, 1.54) is 5.56 Å². The highest BCUT2D eigenvalue weighted by Crippen LogP contribution is 2.31. The first-order valence-corrected chi connectivity index (χ1v) is 6.27.